The fourth-order valence-corrected chi connectivity index (χ4v) is 2.47. The topological polar surface area (TPSA) is 153 Å². The first kappa shape index (κ1) is 17.0. The number of para-hydroxylation sites is 1. The van der Waals surface area contributed by atoms with Crippen LogP contribution < -0.4 is 5.11 Å². The second-order valence-corrected chi connectivity index (χ2v) is 6.05. The van der Waals surface area contributed by atoms with Crippen LogP contribution in [0.3, 0.4) is 0 Å². The molecule has 0 aliphatic carbocycles. The predicted octanol–water partition coefficient (Wildman–Crippen LogP) is -0.967. The Hall–Kier alpha value is -2.04. The Labute approximate surface area is 120 Å². The Bertz CT molecular complexity index is 665. The summed E-state index contributed by atoms with van der Waals surface area (Å²) in [5, 5.41) is 40.6. The number of rotatable bonds is 6. The first-order chi connectivity index (χ1) is 9.68. The molecule has 0 fully saturated rings. The lowest BCUT2D eigenvalue weighted by Gasteiger charge is -2.30. The van der Waals surface area contributed by atoms with E-state index in [4.69, 9.17) is 10.2 Å². The van der Waals surface area contributed by atoms with E-state index in [2.05, 4.69) is 4.40 Å². The van der Waals surface area contributed by atoms with Crippen LogP contribution in [0.25, 0.3) is 0 Å². The highest BCUT2D eigenvalue weighted by molar-refractivity contribution is 7.90. The zero-order chi connectivity index (χ0) is 16.3. The quantitative estimate of drug-likeness (QED) is 0.296. The van der Waals surface area contributed by atoms with Crippen LogP contribution in [0.1, 0.15) is 6.92 Å². The van der Waals surface area contributed by atoms with Gasteiger partial charge in [0.25, 0.3) is 15.7 Å². The molecule has 21 heavy (non-hydrogen) atoms. The second kappa shape index (κ2) is 6.16. The minimum atomic E-state index is -4.63. The lowest BCUT2D eigenvalue weighted by atomic mass is 9.93. The maximum Gasteiger partial charge on any atom is 0.289 e. The van der Waals surface area contributed by atoms with E-state index < -0.39 is 50.1 Å². The van der Waals surface area contributed by atoms with Crippen molar-refractivity contribution in [2.45, 2.75) is 11.8 Å². The number of hydrogen-bond donors (Lipinski definition) is 2. The third-order valence-corrected chi connectivity index (χ3v) is 4.06. The molecular formula is C11H13N2O7S-. The number of nitro groups is 1. The Morgan fingerprint density at radius 2 is 1.86 bits per heavy atom. The van der Waals surface area contributed by atoms with Crippen LogP contribution in [0.2, 0.25) is 0 Å². The van der Waals surface area contributed by atoms with Gasteiger partial charge in [-0.1, -0.05) is 19.1 Å². The van der Waals surface area contributed by atoms with E-state index in [1.54, 1.807) is 0 Å². The predicted molar refractivity (Wildman–Crippen MR) is 70.0 cm³/mol. The van der Waals surface area contributed by atoms with Crippen molar-refractivity contribution >= 4 is 21.6 Å². The standard InChI is InChI=1S/C11H14N2O7S/c1-11(6-14,7-15)10(16)12-21(19,20)9-5-3-2-4-8(9)13(17)18/h2-5,14-15H,6-7H2,1H3,(H,12,16)/p-1. The van der Waals surface area contributed by atoms with E-state index in [1.165, 1.54) is 12.1 Å². The summed E-state index contributed by atoms with van der Waals surface area (Å²) in [5.41, 5.74) is -2.50. The Morgan fingerprint density at radius 3 is 2.33 bits per heavy atom. The van der Waals surface area contributed by atoms with E-state index in [-0.39, 0.29) is 0 Å². The van der Waals surface area contributed by atoms with Crippen LogP contribution in [0.4, 0.5) is 5.69 Å². The average Bonchev–Trinajstić information content (AvgIpc) is 2.45. The van der Waals surface area contributed by atoms with E-state index in [0.717, 1.165) is 19.1 Å². The fourth-order valence-electron chi connectivity index (χ4n) is 1.28. The van der Waals surface area contributed by atoms with Gasteiger partial charge in [-0.05, 0) is 12.0 Å². The van der Waals surface area contributed by atoms with Gasteiger partial charge in [0.2, 0.25) is 0 Å². The van der Waals surface area contributed by atoms with Gasteiger partial charge >= 0.3 is 0 Å². The van der Waals surface area contributed by atoms with E-state index in [0.29, 0.717) is 0 Å². The molecule has 0 bridgehead atoms. The second-order valence-electron chi connectivity index (χ2n) is 4.47. The monoisotopic (exact) mass is 317 g/mol. The molecule has 0 radical (unpaired) electrons. The molecule has 0 unspecified atom stereocenters. The van der Waals surface area contributed by atoms with E-state index in [9.17, 15) is 23.6 Å². The van der Waals surface area contributed by atoms with Gasteiger partial charge in [0.05, 0.1) is 18.1 Å². The summed E-state index contributed by atoms with van der Waals surface area (Å²) in [4.78, 5) is 9.15. The first-order valence-electron chi connectivity index (χ1n) is 5.65. The van der Waals surface area contributed by atoms with Crippen LogP contribution in [0.15, 0.2) is 33.6 Å². The summed E-state index contributed by atoms with van der Waals surface area (Å²) in [7, 11) is -4.63. The molecule has 0 heterocycles. The maximum absolute atomic E-state index is 12.0. The highest BCUT2D eigenvalue weighted by Crippen LogP contribution is 2.26. The lowest BCUT2D eigenvalue weighted by Crippen LogP contribution is -2.43. The van der Waals surface area contributed by atoms with Crippen molar-refractivity contribution in [1.29, 1.82) is 0 Å². The summed E-state index contributed by atoms with van der Waals surface area (Å²) in [6, 6.07) is 4.42. The van der Waals surface area contributed by atoms with Crippen molar-refractivity contribution < 1.29 is 28.7 Å². The number of aliphatic hydroxyl groups is 2. The molecule has 0 saturated carbocycles. The Morgan fingerprint density at radius 1 is 1.33 bits per heavy atom. The Kier molecular flexibility index (Phi) is 4.99. The summed E-state index contributed by atoms with van der Waals surface area (Å²) in [5.74, 6) is -1.29. The maximum atomic E-state index is 12.0. The molecule has 1 aromatic rings. The highest BCUT2D eigenvalue weighted by atomic mass is 32.2. The Balaban J connectivity index is 3.41. The van der Waals surface area contributed by atoms with Gasteiger partial charge in [-0.15, -0.1) is 0 Å². The van der Waals surface area contributed by atoms with Crippen molar-refractivity contribution in [2.24, 2.45) is 9.81 Å². The molecule has 0 spiro atoms. The number of aliphatic hydroxyl groups excluding tert-OH is 2. The molecule has 10 heteroatoms. The molecule has 2 N–H and O–H groups in total. The van der Waals surface area contributed by atoms with Crippen molar-refractivity contribution in [3.8, 4) is 0 Å². The first-order valence-corrected chi connectivity index (χ1v) is 7.09. The summed E-state index contributed by atoms with van der Waals surface area (Å²) >= 11 is 0. The molecule has 1 aromatic carbocycles. The number of sulfonamides is 1. The zero-order valence-electron chi connectivity index (χ0n) is 11.0. The molecule has 9 nitrogen and oxygen atoms in total. The van der Waals surface area contributed by atoms with Crippen LogP contribution in [-0.2, 0) is 10.0 Å². The third kappa shape index (κ3) is 3.54. The summed E-state index contributed by atoms with van der Waals surface area (Å²) in [6.07, 6.45) is 0. The molecule has 0 aliphatic heterocycles. The molecule has 0 atom stereocenters. The van der Waals surface area contributed by atoms with Crippen molar-refractivity contribution in [1.82, 2.24) is 0 Å². The number of benzene rings is 1. The molecular weight excluding hydrogens is 304 g/mol. The summed E-state index contributed by atoms with van der Waals surface area (Å²) in [6.45, 7) is -0.524. The van der Waals surface area contributed by atoms with E-state index >= 15 is 0 Å². The highest BCUT2D eigenvalue weighted by Gasteiger charge is 2.28. The van der Waals surface area contributed by atoms with Gasteiger partial charge in [0, 0.05) is 11.5 Å². The molecule has 0 aromatic heterocycles. The van der Waals surface area contributed by atoms with Crippen molar-refractivity contribution in [2.75, 3.05) is 13.2 Å². The van der Waals surface area contributed by atoms with Crippen molar-refractivity contribution in [3.05, 3.63) is 34.4 Å². The lowest BCUT2D eigenvalue weighted by molar-refractivity contribution is -0.387. The SMILES string of the molecule is CC(CO)(CO)/C([O-])=N/S(=O)(=O)c1ccccc1[N+](=O)[O-]. The van der Waals surface area contributed by atoms with Crippen LogP contribution in [-0.4, -0.2) is 42.7 Å². The third-order valence-electron chi connectivity index (χ3n) is 2.76. The van der Waals surface area contributed by atoms with Gasteiger partial charge in [-0.25, -0.2) is 0 Å². The van der Waals surface area contributed by atoms with Gasteiger partial charge in [-0.2, -0.15) is 12.8 Å². The van der Waals surface area contributed by atoms with Gasteiger partial charge in [0.15, 0.2) is 4.90 Å². The van der Waals surface area contributed by atoms with Crippen LogP contribution in [0.5, 0.6) is 0 Å². The fraction of sp³-hybridized carbons (Fsp3) is 0.364. The van der Waals surface area contributed by atoms with Crippen molar-refractivity contribution in [3.63, 3.8) is 0 Å². The molecule has 0 saturated heterocycles. The molecule has 0 aliphatic rings. The molecule has 1 rings (SSSR count). The van der Waals surface area contributed by atoms with Gasteiger partial charge in [0.1, 0.15) is 0 Å². The average molecular weight is 317 g/mol. The minimum absolute atomic E-state index is 0.719. The minimum Gasteiger partial charge on any atom is -0.861 e. The number of hydrogen-bond acceptors (Lipinski definition) is 7. The largest absolute Gasteiger partial charge is 0.861 e. The molecule has 116 valence electrons. The van der Waals surface area contributed by atoms with Gasteiger partial charge < -0.3 is 15.3 Å². The van der Waals surface area contributed by atoms with Gasteiger partial charge in [-0.3, -0.25) is 10.1 Å². The molecule has 0 amide bonds. The van der Waals surface area contributed by atoms with Crippen LogP contribution in [0, 0.1) is 15.5 Å². The van der Waals surface area contributed by atoms with E-state index in [1.807, 2.05) is 0 Å². The smallest absolute Gasteiger partial charge is 0.289 e. The van der Waals surface area contributed by atoms with Crippen LogP contribution >= 0.6 is 0 Å². The normalized spacial score (nSPS) is 13.2. The summed E-state index contributed by atoms with van der Waals surface area (Å²) < 4.78 is 26.9. The zero-order valence-corrected chi connectivity index (χ0v) is 11.8. The number of nitro benzene ring substituents is 1. The number of nitrogens with zero attached hydrogens (tertiary/aromatic N) is 2.